The van der Waals surface area contributed by atoms with Crippen LogP contribution in [0.5, 0.6) is 0 Å². The summed E-state index contributed by atoms with van der Waals surface area (Å²) in [4.78, 5) is 15.0. The molecule has 0 amide bonds. The quantitative estimate of drug-likeness (QED) is 0.185. The molecule has 3 aromatic heterocycles. The molecule has 4 nitrogen and oxygen atoms in total. The Balaban J connectivity index is 1.25. The molecule has 0 aliphatic heterocycles. The van der Waals surface area contributed by atoms with Gasteiger partial charge in [0.15, 0.2) is 17.5 Å². The van der Waals surface area contributed by atoms with Gasteiger partial charge in [0.2, 0.25) is 0 Å². The molecule has 0 spiro atoms. The Hall–Kier alpha value is -6.43. The molecule has 10 aromatic rings. The van der Waals surface area contributed by atoms with Gasteiger partial charge in [-0.1, -0.05) is 127 Å². The summed E-state index contributed by atoms with van der Waals surface area (Å²) in [5.41, 5.74) is 8.51. The molecule has 5 heteroatoms. The normalized spacial score (nSPS) is 11.6. The molecule has 0 N–H and O–H groups in total. The van der Waals surface area contributed by atoms with E-state index in [1.807, 2.05) is 72.0 Å². The molecule has 3 heterocycles. The van der Waals surface area contributed by atoms with E-state index in [9.17, 15) is 0 Å². The molecule has 0 saturated heterocycles. The SMILES string of the molecule is c1ccc(-c2nc(-c3ccccc3)nc(-c3ccc(-n4c5ccccc5c5c6c(ccc54)sc4ccccc46)c(-c4ccccc4)c3)n2)cc1. The molecule has 0 saturated carbocycles. The van der Waals surface area contributed by atoms with E-state index in [-0.39, 0.29) is 0 Å². The number of fused-ring (bicyclic) bond motifs is 7. The summed E-state index contributed by atoms with van der Waals surface area (Å²) < 4.78 is 5.04. The molecule has 234 valence electrons. The van der Waals surface area contributed by atoms with Gasteiger partial charge in [0.25, 0.3) is 0 Å². The fourth-order valence-corrected chi connectivity index (χ4v) is 8.30. The van der Waals surface area contributed by atoms with Gasteiger partial charge in [0.05, 0.1) is 16.7 Å². The largest absolute Gasteiger partial charge is 0.309 e. The Bertz CT molecular complexity index is 2800. The molecule has 0 atom stereocenters. The van der Waals surface area contributed by atoms with E-state index in [1.54, 1.807) is 0 Å². The molecule has 7 aromatic carbocycles. The van der Waals surface area contributed by atoms with Crippen molar-refractivity contribution in [2.24, 2.45) is 0 Å². The summed E-state index contributed by atoms with van der Waals surface area (Å²) in [6, 6.07) is 59.6. The maximum absolute atomic E-state index is 5.06. The van der Waals surface area contributed by atoms with E-state index in [1.165, 1.54) is 42.0 Å². The van der Waals surface area contributed by atoms with Crippen LogP contribution >= 0.6 is 11.3 Å². The van der Waals surface area contributed by atoms with Crippen LogP contribution in [0.15, 0.2) is 170 Å². The number of hydrogen-bond acceptors (Lipinski definition) is 4. The van der Waals surface area contributed by atoms with Gasteiger partial charge >= 0.3 is 0 Å². The van der Waals surface area contributed by atoms with Gasteiger partial charge in [0, 0.05) is 53.2 Å². The van der Waals surface area contributed by atoms with Crippen molar-refractivity contribution in [3.63, 3.8) is 0 Å². The number of hydrogen-bond donors (Lipinski definition) is 0. The minimum Gasteiger partial charge on any atom is -0.309 e. The van der Waals surface area contributed by atoms with Crippen LogP contribution in [0, 0.1) is 0 Å². The van der Waals surface area contributed by atoms with Gasteiger partial charge in [-0.05, 0) is 48.0 Å². The Morgan fingerprint density at radius 1 is 0.380 bits per heavy atom. The number of benzene rings is 7. The summed E-state index contributed by atoms with van der Waals surface area (Å²) in [5.74, 6) is 1.93. The molecular weight excluding hydrogens is 629 g/mol. The Morgan fingerprint density at radius 2 is 0.940 bits per heavy atom. The Labute approximate surface area is 292 Å². The fraction of sp³-hybridized carbons (Fsp3) is 0. The number of thiophene rings is 1. The third-order valence-corrected chi connectivity index (χ3v) is 10.6. The Kier molecular flexibility index (Phi) is 6.64. The van der Waals surface area contributed by atoms with Crippen LogP contribution in [0.4, 0.5) is 0 Å². The third-order valence-electron chi connectivity index (χ3n) is 9.46. The molecule has 0 unspecified atom stereocenters. The lowest BCUT2D eigenvalue weighted by atomic mass is 10.00. The lowest BCUT2D eigenvalue weighted by Crippen LogP contribution is -2.02. The number of para-hydroxylation sites is 1. The first-order valence-electron chi connectivity index (χ1n) is 16.7. The topological polar surface area (TPSA) is 43.6 Å². The van der Waals surface area contributed by atoms with Crippen molar-refractivity contribution in [1.82, 2.24) is 19.5 Å². The second-order valence-electron chi connectivity index (χ2n) is 12.4. The van der Waals surface area contributed by atoms with E-state index in [0.29, 0.717) is 17.5 Å². The molecular formula is C45H28N4S. The maximum Gasteiger partial charge on any atom is 0.164 e. The van der Waals surface area contributed by atoms with Crippen LogP contribution in [0.2, 0.25) is 0 Å². The van der Waals surface area contributed by atoms with Crippen molar-refractivity contribution in [1.29, 1.82) is 0 Å². The first kappa shape index (κ1) is 28.6. The summed E-state index contributed by atoms with van der Waals surface area (Å²) in [5, 5.41) is 5.16. The standard InChI is InChI=1S/C45H28N4S/c1-4-14-29(15-5-1)35-28-32(45-47-43(30-16-6-2-7-17-30)46-44(48-45)31-18-8-3-9-19-31)24-25-37(35)49-36-22-12-10-20-33(36)41-38(49)26-27-40-42(41)34-21-11-13-23-39(34)50-40/h1-28H. The van der Waals surface area contributed by atoms with Crippen LogP contribution in [0.1, 0.15) is 0 Å². The molecule has 0 aliphatic rings. The minimum atomic E-state index is 0.634. The smallest absolute Gasteiger partial charge is 0.164 e. The van der Waals surface area contributed by atoms with Gasteiger partial charge in [0.1, 0.15) is 0 Å². The summed E-state index contributed by atoms with van der Waals surface area (Å²) in [7, 11) is 0. The number of rotatable bonds is 5. The highest BCUT2D eigenvalue weighted by atomic mass is 32.1. The van der Waals surface area contributed by atoms with Crippen LogP contribution < -0.4 is 0 Å². The maximum atomic E-state index is 5.06. The lowest BCUT2D eigenvalue weighted by Gasteiger charge is -2.16. The van der Waals surface area contributed by atoms with Crippen molar-refractivity contribution in [3.05, 3.63) is 170 Å². The molecule has 0 bridgehead atoms. The van der Waals surface area contributed by atoms with E-state index >= 15 is 0 Å². The predicted octanol–water partition coefficient (Wildman–Crippen LogP) is 12.0. The van der Waals surface area contributed by atoms with Crippen molar-refractivity contribution in [2.75, 3.05) is 0 Å². The summed E-state index contributed by atoms with van der Waals surface area (Å²) in [6.07, 6.45) is 0. The van der Waals surface area contributed by atoms with Gasteiger partial charge in [-0.2, -0.15) is 0 Å². The van der Waals surface area contributed by atoms with E-state index in [2.05, 4.69) is 114 Å². The summed E-state index contributed by atoms with van der Waals surface area (Å²) >= 11 is 1.86. The first-order valence-corrected chi connectivity index (χ1v) is 17.5. The van der Waals surface area contributed by atoms with Crippen molar-refractivity contribution < 1.29 is 0 Å². The second-order valence-corrected chi connectivity index (χ2v) is 13.5. The third kappa shape index (κ3) is 4.63. The van der Waals surface area contributed by atoms with E-state index < -0.39 is 0 Å². The van der Waals surface area contributed by atoms with Crippen LogP contribution in [0.25, 0.3) is 93.0 Å². The fourth-order valence-electron chi connectivity index (χ4n) is 7.19. The Morgan fingerprint density at radius 3 is 1.62 bits per heavy atom. The molecule has 10 rings (SSSR count). The molecule has 0 radical (unpaired) electrons. The van der Waals surface area contributed by atoms with Crippen molar-refractivity contribution in [2.45, 2.75) is 0 Å². The lowest BCUT2D eigenvalue weighted by molar-refractivity contribution is 1.07. The van der Waals surface area contributed by atoms with Gasteiger partial charge in [-0.15, -0.1) is 11.3 Å². The zero-order valence-corrected chi connectivity index (χ0v) is 27.7. The van der Waals surface area contributed by atoms with E-state index in [0.717, 1.165) is 33.5 Å². The highest BCUT2D eigenvalue weighted by Gasteiger charge is 2.21. The van der Waals surface area contributed by atoms with Gasteiger partial charge in [-0.3, -0.25) is 0 Å². The van der Waals surface area contributed by atoms with Gasteiger partial charge < -0.3 is 4.57 Å². The number of nitrogens with zero attached hydrogens (tertiary/aromatic N) is 4. The monoisotopic (exact) mass is 656 g/mol. The predicted molar refractivity (Wildman–Crippen MR) is 209 cm³/mol. The highest BCUT2D eigenvalue weighted by molar-refractivity contribution is 7.26. The minimum absolute atomic E-state index is 0.634. The highest BCUT2D eigenvalue weighted by Crippen LogP contribution is 2.44. The average Bonchev–Trinajstić information content (AvgIpc) is 3.74. The average molecular weight is 657 g/mol. The first-order chi connectivity index (χ1) is 24.8. The van der Waals surface area contributed by atoms with Crippen molar-refractivity contribution >= 4 is 53.3 Å². The summed E-state index contributed by atoms with van der Waals surface area (Å²) in [6.45, 7) is 0. The zero-order chi connectivity index (χ0) is 33.0. The van der Waals surface area contributed by atoms with Crippen molar-refractivity contribution in [3.8, 4) is 51.0 Å². The van der Waals surface area contributed by atoms with Gasteiger partial charge in [-0.25, -0.2) is 15.0 Å². The molecule has 50 heavy (non-hydrogen) atoms. The van der Waals surface area contributed by atoms with Crippen LogP contribution in [0.3, 0.4) is 0 Å². The number of aromatic nitrogens is 4. The molecule has 0 fully saturated rings. The van der Waals surface area contributed by atoms with E-state index in [4.69, 9.17) is 15.0 Å². The second kappa shape index (κ2) is 11.6. The van der Waals surface area contributed by atoms with Crippen LogP contribution in [-0.2, 0) is 0 Å². The zero-order valence-electron chi connectivity index (χ0n) is 26.9. The molecule has 0 aliphatic carbocycles. The van der Waals surface area contributed by atoms with Crippen LogP contribution in [-0.4, -0.2) is 19.5 Å².